The van der Waals surface area contributed by atoms with Gasteiger partial charge in [-0.2, -0.15) is 0 Å². The lowest BCUT2D eigenvalue weighted by atomic mass is 9.75. The minimum Gasteiger partial charge on any atom is -0.296 e. The molecule has 0 radical (unpaired) electrons. The third-order valence-electron chi connectivity index (χ3n) is 8.36. The molecule has 4 aromatic rings. The topological polar surface area (TPSA) is 84.3 Å². The summed E-state index contributed by atoms with van der Waals surface area (Å²) in [5.74, 6) is -1.38. The predicted molar refractivity (Wildman–Crippen MR) is 148 cm³/mol. The molecule has 190 valence electrons. The molecule has 0 saturated carbocycles. The molecule has 7 nitrogen and oxygen atoms in total. The Morgan fingerprint density at radius 1 is 0.947 bits per heavy atom. The van der Waals surface area contributed by atoms with Gasteiger partial charge >= 0.3 is 0 Å². The highest BCUT2D eigenvalue weighted by Crippen LogP contribution is 2.56. The summed E-state index contributed by atoms with van der Waals surface area (Å²) in [6.45, 7) is 6.07. The first-order chi connectivity index (χ1) is 18.3. The molecule has 7 rings (SSSR count). The standard InChI is InChI=1S/C30H25BrN4O3/c1-15(2)25-23-24(28(38)34(27(23)37)22-13-12-16(3)14-19(22)31)30(33-25)18-9-5-7-11-21(18)35-26(36)17-8-4-6-10-20(17)32-29(30)35/h4-15,23-25,33H,1-3H3/t23-,24-,25+,30+/m1/s1. The molecule has 0 unspecified atom stereocenters. The Morgan fingerprint density at radius 2 is 1.68 bits per heavy atom. The normalized spacial score (nSPS) is 25.5. The van der Waals surface area contributed by atoms with E-state index in [-0.39, 0.29) is 29.3 Å². The van der Waals surface area contributed by atoms with Gasteiger partial charge in [0.1, 0.15) is 11.4 Å². The maximum atomic E-state index is 14.5. The lowest BCUT2D eigenvalue weighted by Gasteiger charge is -2.32. The summed E-state index contributed by atoms with van der Waals surface area (Å²) in [5, 5.41) is 4.24. The summed E-state index contributed by atoms with van der Waals surface area (Å²) in [7, 11) is 0. The van der Waals surface area contributed by atoms with Crippen molar-refractivity contribution in [1.82, 2.24) is 14.9 Å². The maximum Gasteiger partial charge on any atom is 0.266 e. The van der Waals surface area contributed by atoms with E-state index in [1.165, 1.54) is 4.90 Å². The van der Waals surface area contributed by atoms with Gasteiger partial charge in [-0.05, 0) is 64.7 Å². The van der Waals surface area contributed by atoms with E-state index in [4.69, 9.17) is 4.98 Å². The van der Waals surface area contributed by atoms with E-state index in [9.17, 15) is 14.4 Å². The fraction of sp³-hybridized carbons (Fsp3) is 0.267. The smallest absolute Gasteiger partial charge is 0.266 e. The molecule has 0 bridgehead atoms. The van der Waals surface area contributed by atoms with E-state index in [0.717, 1.165) is 11.1 Å². The molecular weight excluding hydrogens is 544 g/mol. The van der Waals surface area contributed by atoms with E-state index >= 15 is 0 Å². The van der Waals surface area contributed by atoms with Crippen LogP contribution in [0.5, 0.6) is 0 Å². The number of rotatable bonds is 2. The molecule has 0 aliphatic carbocycles. The van der Waals surface area contributed by atoms with Crippen molar-refractivity contribution in [2.24, 2.45) is 17.8 Å². The van der Waals surface area contributed by atoms with Gasteiger partial charge in [0.15, 0.2) is 0 Å². The molecule has 2 saturated heterocycles. The average Bonchev–Trinajstić information content (AvgIpc) is 3.49. The maximum absolute atomic E-state index is 14.5. The fourth-order valence-corrected chi connectivity index (χ4v) is 7.43. The summed E-state index contributed by atoms with van der Waals surface area (Å²) < 4.78 is 2.32. The number of amides is 2. The number of carbonyl (C=O) groups is 2. The molecule has 3 aliphatic heterocycles. The van der Waals surface area contributed by atoms with Gasteiger partial charge in [0.05, 0.1) is 34.1 Å². The van der Waals surface area contributed by atoms with Crippen LogP contribution < -0.4 is 15.8 Å². The number of imide groups is 1. The number of carbonyl (C=O) groups excluding carboxylic acids is 2. The third kappa shape index (κ3) is 2.82. The molecule has 2 amide bonds. The fourth-order valence-electron chi connectivity index (χ4n) is 6.76. The van der Waals surface area contributed by atoms with Crippen molar-refractivity contribution >= 4 is 44.3 Å². The Morgan fingerprint density at radius 3 is 2.45 bits per heavy atom. The summed E-state index contributed by atoms with van der Waals surface area (Å²) in [4.78, 5) is 48.8. The van der Waals surface area contributed by atoms with Gasteiger partial charge in [0.2, 0.25) is 11.8 Å². The number of halogens is 1. The van der Waals surface area contributed by atoms with E-state index in [1.54, 1.807) is 10.6 Å². The number of hydrogen-bond donors (Lipinski definition) is 1. The van der Waals surface area contributed by atoms with Crippen molar-refractivity contribution in [3.63, 3.8) is 0 Å². The molecule has 1 aromatic heterocycles. The highest BCUT2D eigenvalue weighted by atomic mass is 79.9. The number of fused-ring (bicyclic) bond motifs is 8. The van der Waals surface area contributed by atoms with Gasteiger partial charge in [0, 0.05) is 16.1 Å². The zero-order chi connectivity index (χ0) is 26.5. The van der Waals surface area contributed by atoms with Crippen LogP contribution in [0.3, 0.4) is 0 Å². The van der Waals surface area contributed by atoms with E-state index in [1.807, 2.05) is 67.6 Å². The second-order valence-corrected chi connectivity index (χ2v) is 11.7. The molecule has 2 fully saturated rings. The van der Waals surface area contributed by atoms with Crippen LogP contribution in [-0.4, -0.2) is 27.4 Å². The van der Waals surface area contributed by atoms with Gasteiger partial charge in [-0.3, -0.25) is 24.3 Å². The van der Waals surface area contributed by atoms with Crippen LogP contribution in [-0.2, 0) is 15.1 Å². The molecular formula is C30H25BrN4O3. The predicted octanol–water partition coefficient (Wildman–Crippen LogP) is 4.45. The van der Waals surface area contributed by atoms with Gasteiger partial charge in [-0.15, -0.1) is 0 Å². The number of para-hydroxylation sites is 2. The molecule has 38 heavy (non-hydrogen) atoms. The Kier molecular flexibility index (Phi) is 4.91. The Labute approximate surface area is 227 Å². The quantitative estimate of drug-likeness (QED) is 0.361. The van der Waals surface area contributed by atoms with Crippen LogP contribution in [0.15, 0.2) is 76.0 Å². The van der Waals surface area contributed by atoms with Gasteiger partial charge in [-0.25, -0.2) is 9.88 Å². The largest absolute Gasteiger partial charge is 0.296 e. The van der Waals surface area contributed by atoms with Crippen LogP contribution >= 0.6 is 15.9 Å². The Bertz CT molecular complexity index is 1760. The Hall–Kier alpha value is -3.62. The van der Waals surface area contributed by atoms with E-state index < -0.39 is 17.4 Å². The lowest BCUT2D eigenvalue weighted by molar-refractivity contribution is -0.123. The molecule has 4 heterocycles. The van der Waals surface area contributed by atoms with Gasteiger partial charge in [-0.1, -0.05) is 50.2 Å². The number of benzene rings is 3. The van der Waals surface area contributed by atoms with Crippen molar-refractivity contribution < 1.29 is 9.59 Å². The number of hydrogen-bond acceptors (Lipinski definition) is 5. The first-order valence-corrected chi connectivity index (χ1v) is 13.6. The average molecular weight is 569 g/mol. The number of nitrogens with one attached hydrogen (secondary N) is 1. The number of anilines is 1. The minimum atomic E-state index is -1.13. The van der Waals surface area contributed by atoms with Crippen LogP contribution in [0, 0.1) is 24.7 Å². The Balaban J connectivity index is 1.53. The molecule has 3 aliphatic rings. The SMILES string of the molecule is Cc1ccc(N2C(=O)[C@H]3[C@H](C(C)C)N[C@@]4(c5ccccc5-n5c4nc4ccccc4c5=O)[C@H]3C2=O)c(Br)c1. The first-order valence-electron chi connectivity index (χ1n) is 12.8. The molecule has 4 atom stereocenters. The van der Waals surface area contributed by atoms with Crippen molar-refractivity contribution in [3.8, 4) is 5.69 Å². The molecule has 1 spiro atoms. The lowest BCUT2D eigenvalue weighted by Crippen LogP contribution is -2.51. The summed E-state index contributed by atoms with van der Waals surface area (Å²) >= 11 is 3.58. The van der Waals surface area contributed by atoms with Crippen molar-refractivity contribution in [1.29, 1.82) is 0 Å². The van der Waals surface area contributed by atoms with E-state index in [2.05, 4.69) is 35.1 Å². The number of nitrogens with zero attached hydrogens (tertiary/aromatic N) is 3. The molecule has 3 aromatic carbocycles. The first kappa shape index (κ1) is 23.5. The van der Waals surface area contributed by atoms with Gasteiger partial charge < -0.3 is 0 Å². The minimum absolute atomic E-state index is 0.0495. The van der Waals surface area contributed by atoms with Crippen LogP contribution in [0.25, 0.3) is 16.6 Å². The van der Waals surface area contributed by atoms with Crippen molar-refractivity contribution in [2.45, 2.75) is 32.4 Å². The highest BCUT2D eigenvalue weighted by molar-refractivity contribution is 9.10. The summed E-state index contributed by atoms with van der Waals surface area (Å²) in [5.41, 5.74) is 2.30. The van der Waals surface area contributed by atoms with Crippen LogP contribution in [0.1, 0.15) is 30.8 Å². The number of aryl methyl sites for hydroxylation is 1. The van der Waals surface area contributed by atoms with Crippen LogP contribution in [0.2, 0.25) is 0 Å². The molecule has 8 heteroatoms. The van der Waals surface area contributed by atoms with Crippen LogP contribution in [0.4, 0.5) is 5.69 Å². The zero-order valence-corrected chi connectivity index (χ0v) is 22.7. The second-order valence-electron chi connectivity index (χ2n) is 10.8. The molecule has 1 N–H and O–H groups in total. The monoisotopic (exact) mass is 568 g/mol. The van der Waals surface area contributed by atoms with Crippen molar-refractivity contribution in [3.05, 3.63) is 98.5 Å². The number of aromatic nitrogens is 2. The second kappa shape index (κ2) is 7.94. The summed E-state index contributed by atoms with van der Waals surface area (Å²) in [6.07, 6.45) is 0. The van der Waals surface area contributed by atoms with Gasteiger partial charge in [0.25, 0.3) is 5.56 Å². The third-order valence-corrected chi connectivity index (χ3v) is 8.99. The highest BCUT2D eigenvalue weighted by Gasteiger charge is 2.70. The summed E-state index contributed by atoms with van der Waals surface area (Å²) in [6, 6.07) is 20.2. The van der Waals surface area contributed by atoms with E-state index in [0.29, 0.717) is 32.6 Å². The van der Waals surface area contributed by atoms with Crippen molar-refractivity contribution in [2.75, 3.05) is 4.90 Å². The zero-order valence-electron chi connectivity index (χ0n) is 21.1.